The Morgan fingerprint density at radius 2 is 1.81 bits per heavy atom. The lowest BCUT2D eigenvalue weighted by molar-refractivity contribution is 1.20. The van der Waals surface area contributed by atoms with E-state index in [1.54, 1.807) is 12.7 Å². The van der Waals surface area contributed by atoms with Gasteiger partial charge in [0.05, 0.1) is 12.0 Å². The van der Waals surface area contributed by atoms with E-state index in [4.69, 9.17) is 0 Å². The van der Waals surface area contributed by atoms with E-state index in [9.17, 15) is 0 Å². The Morgan fingerprint density at radius 1 is 1.00 bits per heavy atom. The van der Waals surface area contributed by atoms with Gasteiger partial charge >= 0.3 is 0 Å². The first-order valence-electron chi connectivity index (χ1n) is 5.06. The fraction of sp³-hybridized carbons (Fsp3) is 0.0833. The molecule has 0 saturated carbocycles. The fourth-order valence-electron chi connectivity index (χ4n) is 1.70. The lowest BCUT2D eigenvalue weighted by Gasteiger charge is -2.01. The summed E-state index contributed by atoms with van der Waals surface area (Å²) >= 11 is 0. The topological polar surface area (TPSA) is 54.5 Å². The van der Waals surface area contributed by atoms with E-state index in [0.29, 0.717) is 5.65 Å². The molecule has 0 aliphatic rings. The van der Waals surface area contributed by atoms with Crippen LogP contribution in [-0.2, 0) is 0 Å². The second-order valence-corrected chi connectivity index (χ2v) is 3.69. The third-order valence-corrected chi connectivity index (χ3v) is 2.55. The zero-order valence-corrected chi connectivity index (χ0v) is 8.81. The molecular formula is C12H10N4. The van der Waals surface area contributed by atoms with Gasteiger partial charge in [0.25, 0.3) is 0 Å². The van der Waals surface area contributed by atoms with Gasteiger partial charge in [0, 0.05) is 5.56 Å². The minimum atomic E-state index is 0.700. The number of nitrogens with zero attached hydrogens (tertiary/aromatic N) is 3. The molecule has 78 valence electrons. The molecule has 2 heterocycles. The van der Waals surface area contributed by atoms with E-state index in [1.165, 1.54) is 5.56 Å². The molecule has 0 aliphatic carbocycles. The van der Waals surface area contributed by atoms with Crippen LogP contribution in [0.2, 0.25) is 0 Å². The van der Waals surface area contributed by atoms with E-state index in [2.05, 4.69) is 51.1 Å². The fourth-order valence-corrected chi connectivity index (χ4v) is 1.70. The van der Waals surface area contributed by atoms with Gasteiger partial charge in [-0.3, -0.25) is 0 Å². The first-order chi connectivity index (χ1) is 7.84. The van der Waals surface area contributed by atoms with E-state index in [-0.39, 0.29) is 0 Å². The van der Waals surface area contributed by atoms with Crippen LogP contribution in [0.5, 0.6) is 0 Å². The van der Waals surface area contributed by atoms with Crippen LogP contribution in [0, 0.1) is 6.92 Å². The summed E-state index contributed by atoms with van der Waals surface area (Å²) in [5.74, 6) is 0. The van der Waals surface area contributed by atoms with Crippen LogP contribution in [0.1, 0.15) is 5.56 Å². The molecule has 0 atom stereocenters. The Labute approximate surface area is 92.4 Å². The molecule has 4 heteroatoms. The number of hydrogen-bond acceptors (Lipinski definition) is 3. The number of aromatic nitrogens is 4. The summed E-state index contributed by atoms with van der Waals surface area (Å²) in [4.78, 5) is 15.6. The summed E-state index contributed by atoms with van der Waals surface area (Å²) in [6.07, 6.45) is 3.18. The highest BCUT2D eigenvalue weighted by atomic mass is 15.0. The largest absolute Gasteiger partial charge is 0.341 e. The summed E-state index contributed by atoms with van der Waals surface area (Å²) in [5.41, 5.74) is 4.78. The number of rotatable bonds is 1. The van der Waals surface area contributed by atoms with Gasteiger partial charge in [0.2, 0.25) is 0 Å². The van der Waals surface area contributed by atoms with Crippen molar-refractivity contribution in [1.29, 1.82) is 0 Å². The summed E-state index contributed by atoms with van der Waals surface area (Å²) in [6, 6.07) is 8.25. The van der Waals surface area contributed by atoms with E-state index < -0.39 is 0 Å². The molecule has 3 rings (SSSR count). The van der Waals surface area contributed by atoms with Gasteiger partial charge in [-0.05, 0) is 6.92 Å². The van der Waals surface area contributed by atoms with Crippen molar-refractivity contribution >= 4 is 11.2 Å². The molecule has 0 aliphatic heterocycles. The number of H-pyrrole nitrogens is 1. The molecule has 2 aromatic heterocycles. The Kier molecular flexibility index (Phi) is 1.93. The van der Waals surface area contributed by atoms with Crippen molar-refractivity contribution in [3.63, 3.8) is 0 Å². The number of benzene rings is 1. The second-order valence-electron chi connectivity index (χ2n) is 3.69. The van der Waals surface area contributed by atoms with Gasteiger partial charge in [-0.25, -0.2) is 15.0 Å². The molecule has 0 unspecified atom stereocenters. The van der Waals surface area contributed by atoms with E-state index >= 15 is 0 Å². The molecule has 0 amide bonds. The van der Waals surface area contributed by atoms with Crippen molar-refractivity contribution in [2.24, 2.45) is 0 Å². The van der Waals surface area contributed by atoms with E-state index in [0.717, 1.165) is 16.8 Å². The Bertz CT molecular complexity index is 625. The van der Waals surface area contributed by atoms with Crippen molar-refractivity contribution in [3.05, 3.63) is 42.5 Å². The van der Waals surface area contributed by atoms with Crippen molar-refractivity contribution in [2.45, 2.75) is 6.92 Å². The van der Waals surface area contributed by atoms with Crippen molar-refractivity contribution in [1.82, 2.24) is 19.9 Å². The lowest BCUT2D eigenvalue weighted by atomic mass is 10.1. The summed E-state index contributed by atoms with van der Waals surface area (Å²) in [5, 5.41) is 0. The smallest absolute Gasteiger partial charge is 0.181 e. The Morgan fingerprint density at radius 3 is 2.62 bits per heavy atom. The number of imidazole rings is 1. The molecule has 0 fully saturated rings. The van der Waals surface area contributed by atoms with Crippen LogP contribution in [-0.4, -0.2) is 19.9 Å². The van der Waals surface area contributed by atoms with Crippen LogP contribution in [0.25, 0.3) is 22.4 Å². The molecular weight excluding hydrogens is 200 g/mol. The predicted molar refractivity (Wildman–Crippen MR) is 61.9 cm³/mol. The van der Waals surface area contributed by atoms with Crippen molar-refractivity contribution < 1.29 is 0 Å². The van der Waals surface area contributed by atoms with Crippen LogP contribution >= 0.6 is 0 Å². The maximum atomic E-state index is 4.30. The highest BCUT2D eigenvalue weighted by Crippen LogP contribution is 2.22. The molecule has 3 aromatic rings. The molecule has 0 spiro atoms. The summed E-state index contributed by atoms with van der Waals surface area (Å²) in [7, 11) is 0. The van der Waals surface area contributed by atoms with Crippen molar-refractivity contribution in [2.75, 3.05) is 0 Å². The Balaban J connectivity index is 2.25. The summed E-state index contributed by atoms with van der Waals surface area (Å²) in [6.45, 7) is 2.07. The zero-order chi connectivity index (χ0) is 11.0. The monoisotopic (exact) mass is 210 g/mol. The SMILES string of the molecule is Cc1ccc(-c2ncnc3nc[nH]c23)cc1. The van der Waals surface area contributed by atoms with E-state index in [1.807, 2.05) is 0 Å². The number of nitrogens with one attached hydrogen (secondary N) is 1. The maximum Gasteiger partial charge on any atom is 0.181 e. The first kappa shape index (κ1) is 9.03. The average molecular weight is 210 g/mol. The molecule has 16 heavy (non-hydrogen) atoms. The maximum absolute atomic E-state index is 4.30. The highest BCUT2D eigenvalue weighted by molar-refractivity contribution is 5.86. The van der Waals surface area contributed by atoms with Gasteiger partial charge in [0.15, 0.2) is 5.65 Å². The highest BCUT2D eigenvalue weighted by Gasteiger charge is 2.07. The molecule has 4 nitrogen and oxygen atoms in total. The van der Waals surface area contributed by atoms with Crippen LogP contribution in [0.3, 0.4) is 0 Å². The minimum Gasteiger partial charge on any atom is -0.341 e. The molecule has 1 N–H and O–H groups in total. The molecule has 0 bridgehead atoms. The normalized spacial score (nSPS) is 10.8. The summed E-state index contributed by atoms with van der Waals surface area (Å²) < 4.78 is 0. The third kappa shape index (κ3) is 1.35. The quantitative estimate of drug-likeness (QED) is 0.670. The lowest BCUT2D eigenvalue weighted by Crippen LogP contribution is -1.88. The Hall–Kier alpha value is -2.23. The number of aromatic amines is 1. The van der Waals surface area contributed by atoms with Crippen LogP contribution in [0.15, 0.2) is 36.9 Å². The number of hydrogen-bond donors (Lipinski definition) is 1. The van der Waals surface area contributed by atoms with Crippen LogP contribution < -0.4 is 0 Å². The van der Waals surface area contributed by atoms with Crippen molar-refractivity contribution in [3.8, 4) is 11.3 Å². The molecule has 0 radical (unpaired) electrons. The zero-order valence-electron chi connectivity index (χ0n) is 8.81. The minimum absolute atomic E-state index is 0.700. The number of fused-ring (bicyclic) bond motifs is 1. The van der Waals surface area contributed by atoms with Crippen LogP contribution in [0.4, 0.5) is 0 Å². The molecule has 0 saturated heterocycles. The van der Waals surface area contributed by atoms with Gasteiger partial charge < -0.3 is 4.98 Å². The standard InChI is InChI=1S/C12H10N4/c1-8-2-4-9(5-3-8)10-11-12(15-6-13-10)16-7-14-11/h2-7H,1H3,(H,13,14,15,16). The van der Waals surface area contributed by atoms with Gasteiger partial charge in [-0.15, -0.1) is 0 Å². The third-order valence-electron chi connectivity index (χ3n) is 2.55. The van der Waals surface area contributed by atoms with Gasteiger partial charge in [-0.2, -0.15) is 0 Å². The number of aryl methyl sites for hydroxylation is 1. The predicted octanol–water partition coefficient (Wildman–Crippen LogP) is 2.33. The molecule has 1 aromatic carbocycles. The average Bonchev–Trinajstić information content (AvgIpc) is 2.78. The second kappa shape index (κ2) is 3.41. The first-order valence-corrected chi connectivity index (χ1v) is 5.06. The van der Waals surface area contributed by atoms with Gasteiger partial charge in [0.1, 0.15) is 11.8 Å². The van der Waals surface area contributed by atoms with Gasteiger partial charge in [-0.1, -0.05) is 29.8 Å².